The number of H-pyrrole nitrogens is 1. The van der Waals surface area contributed by atoms with Crippen molar-refractivity contribution < 1.29 is 4.42 Å². The molecule has 17 heavy (non-hydrogen) atoms. The van der Waals surface area contributed by atoms with E-state index >= 15 is 0 Å². The lowest BCUT2D eigenvalue weighted by molar-refractivity contribution is 0.545. The monoisotopic (exact) mass is 226 g/mol. The molecule has 3 aromatic rings. The average molecular weight is 226 g/mol. The van der Waals surface area contributed by atoms with Crippen molar-refractivity contribution in [1.82, 2.24) is 9.97 Å². The van der Waals surface area contributed by atoms with Crippen LogP contribution >= 0.6 is 0 Å². The highest BCUT2D eigenvalue weighted by molar-refractivity contribution is 5.79. The summed E-state index contributed by atoms with van der Waals surface area (Å²) < 4.78 is 5.56. The van der Waals surface area contributed by atoms with Crippen molar-refractivity contribution in [2.75, 3.05) is 0 Å². The number of imidazole rings is 1. The van der Waals surface area contributed by atoms with Gasteiger partial charge in [0.05, 0.1) is 11.0 Å². The van der Waals surface area contributed by atoms with Crippen molar-refractivity contribution in [3.63, 3.8) is 0 Å². The van der Waals surface area contributed by atoms with Crippen molar-refractivity contribution in [1.29, 1.82) is 0 Å². The minimum Gasteiger partial charge on any atom is -0.458 e. The van der Waals surface area contributed by atoms with Crippen LogP contribution in [0.5, 0.6) is 0 Å². The summed E-state index contributed by atoms with van der Waals surface area (Å²) in [7, 11) is 0. The fourth-order valence-electron chi connectivity index (χ4n) is 1.96. The summed E-state index contributed by atoms with van der Waals surface area (Å²) in [6.07, 6.45) is 1.03. The molecule has 0 aliphatic heterocycles. The van der Waals surface area contributed by atoms with Gasteiger partial charge in [0.1, 0.15) is 5.76 Å². The van der Waals surface area contributed by atoms with Gasteiger partial charge in [0, 0.05) is 0 Å². The Morgan fingerprint density at radius 1 is 1.24 bits per heavy atom. The largest absolute Gasteiger partial charge is 0.458 e. The second-order valence-corrected chi connectivity index (χ2v) is 4.20. The number of aryl methyl sites for hydroxylation is 2. The van der Waals surface area contributed by atoms with Crippen LogP contribution in [-0.4, -0.2) is 9.97 Å². The molecule has 3 rings (SSSR count). The predicted molar refractivity (Wildman–Crippen MR) is 67.9 cm³/mol. The summed E-state index contributed by atoms with van der Waals surface area (Å²) in [5, 5.41) is 0. The molecule has 0 fully saturated rings. The Morgan fingerprint density at radius 3 is 2.82 bits per heavy atom. The first-order valence-electron chi connectivity index (χ1n) is 5.81. The molecule has 0 atom stereocenters. The van der Waals surface area contributed by atoms with Crippen molar-refractivity contribution in [2.24, 2.45) is 0 Å². The SMILES string of the molecule is CCc1ccc2nc(-c3ccc(C)o3)[nH]c2c1. The first kappa shape index (κ1) is 10.1. The Labute approximate surface area is 99.5 Å². The Kier molecular flexibility index (Phi) is 2.25. The normalized spacial score (nSPS) is 11.2. The van der Waals surface area contributed by atoms with Crippen LogP contribution < -0.4 is 0 Å². The molecular weight excluding hydrogens is 212 g/mol. The van der Waals surface area contributed by atoms with E-state index in [2.05, 4.69) is 29.0 Å². The summed E-state index contributed by atoms with van der Waals surface area (Å²) >= 11 is 0. The van der Waals surface area contributed by atoms with E-state index in [1.807, 2.05) is 25.1 Å². The molecule has 3 heteroatoms. The minimum atomic E-state index is 0.789. The number of hydrogen-bond donors (Lipinski definition) is 1. The van der Waals surface area contributed by atoms with E-state index in [4.69, 9.17) is 4.42 Å². The molecule has 0 radical (unpaired) electrons. The van der Waals surface area contributed by atoms with E-state index in [1.54, 1.807) is 0 Å². The van der Waals surface area contributed by atoms with Crippen LogP contribution in [0.2, 0.25) is 0 Å². The number of aromatic amines is 1. The molecule has 0 saturated heterocycles. The van der Waals surface area contributed by atoms with Gasteiger partial charge in [-0.3, -0.25) is 0 Å². The summed E-state index contributed by atoms with van der Waals surface area (Å²) in [4.78, 5) is 7.82. The fourth-order valence-corrected chi connectivity index (χ4v) is 1.96. The predicted octanol–water partition coefficient (Wildman–Crippen LogP) is 3.69. The number of rotatable bonds is 2. The van der Waals surface area contributed by atoms with Gasteiger partial charge in [-0.2, -0.15) is 0 Å². The fraction of sp³-hybridized carbons (Fsp3) is 0.214. The number of furan rings is 1. The van der Waals surface area contributed by atoms with Gasteiger partial charge in [0.2, 0.25) is 0 Å². The van der Waals surface area contributed by atoms with Crippen LogP contribution in [0.3, 0.4) is 0 Å². The molecule has 2 heterocycles. The van der Waals surface area contributed by atoms with Crippen molar-refractivity contribution in [2.45, 2.75) is 20.3 Å². The zero-order chi connectivity index (χ0) is 11.8. The Balaban J connectivity index is 2.13. The van der Waals surface area contributed by atoms with Crippen LogP contribution in [-0.2, 0) is 6.42 Å². The number of benzene rings is 1. The maximum atomic E-state index is 5.56. The molecule has 1 N–H and O–H groups in total. The molecule has 0 aliphatic carbocycles. The molecule has 86 valence electrons. The van der Waals surface area contributed by atoms with E-state index in [1.165, 1.54) is 5.56 Å². The van der Waals surface area contributed by atoms with Crippen molar-refractivity contribution in [3.8, 4) is 11.6 Å². The van der Waals surface area contributed by atoms with E-state index in [0.29, 0.717) is 0 Å². The van der Waals surface area contributed by atoms with Gasteiger partial charge in [0.15, 0.2) is 11.6 Å². The summed E-state index contributed by atoms with van der Waals surface area (Å²) in [6, 6.07) is 10.2. The van der Waals surface area contributed by atoms with Gasteiger partial charge in [-0.05, 0) is 43.2 Å². The van der Waals surface area contributed by atoms with Crippen LogP contribution in [0.15, 0.2) is 34.7 Å². The van der Waals surface area contributed by atoms with Gasteiger partial charge >= 0.3 is 0 Å². The van der Waals surface area contributed by atoms with Gasteiger partial charge < -0.3 is 9.40 Å². The smallest absolute Gasteiger partial charge is 0.174 e. The zero-order valence-electron chi connectivity index (χ0n) is 9.95. The zero-order valence-corrected chi connectivity index (χ0v) is 9.95. The second-order valence-electron chi connectivity index (χ2n) is 4.20. The third-order valence-electron chi connectivity index (χ3n) is 2.93. The highest BCUT2D eigenvalue weighted by Gasteiger charge is 2.08. The molecule has 0 bridgehead atoms. The van der Waals surface area contributed by atoms with Gasteiger partial charge in [0.25, 0.3) is 0 Å². The van der Waals surface area contributed by atoms with Gasteiger partial charge in [-0.25, -0.2) is 4.98 Å². The van der Waals surface area contributed by atoms with Crippen molar-refractivity contribution in [3.05, 3.63) is 41.7 Å². The maximum absolute atomic E-state index is 5.56. The van der Waals surface area contributed by atoms with Gasteiger partial charge in [-0.1, -0.05) is 13.0 Å². The van der Waals surface area contributed by atoms with Crippen LogP contribution in [0.1, 0.15) is 18.2 Å². The first-order chi connectivity index (χ1) is 8.26. The standard InChI is InChI=1S/C14H14N2O/c1-3-10-5-6-11-12(8-10)16-14(15-11)13-7-4-9(2)17-13/h4-8H,3H2,1-2H3,(H,15,16). The van der Waals surface area contributed by atoms with E-state index in [0.717, 1.165) is 34.8 Å². The average Bonchev–Trinajstić information content (AvgIpc) is 2.93. The maximum Gasteiger partial charge on any atom is 0.174 e. The van der Waals surface area contributed by atoms with Crippen LogP contribution in [0, 0.1) is 6.92 Å². The molecular formula is C14H14N2O. The highest BCUT2D eigenvalue weighted by atomic mass is 16.3. The number of nitrogens with one attached hydrogen (secondary N) is 1. The summed E-state index contributed by atoms with van der Waals surface area (Å²) in [5.74, 6) is 2.48. The molecule has 3 nitrogen and oxygen atoms in total. The number of hydrogen-bond acceptors (Lipinski definition) is 2. The lowest BCUT2D eigenvalue weighted by Gasteiger charge is -1.93. The number of nitrogens with zero attached hydrogens (tertiary/aromatic N) is 1. The third kappa shape index (κ3) is 1.73. The topological polar surface area (TPSA) is 41.8 Å². The van der Waals surface area contributed by atoms with E-state index < -0.39 is 0 Å². The lowest BCUT2D eigenvalue weighted by Crippen LogP contribution is -1.78. The third-order valence-corrected chi connectivity index (χ3v) is 2.93. The van der Waals surface area contributed by atoms with Gasteiger partial charge in [-0.15, -0.1) is 0 Å². The molecule has 0 spiro atoms. The molecule has 2 aromatic heterocycles. The minimum absolute atomic E-state index is 0.789. The molecule has 0 aliphatic rings. The van der Waals surface area contributed by atoms with Crippen LogP contribution in [0.4, 0.5) is 0 Å². The molecule has 1 aromatic carbocycles. The van der Waals surface area contributed by atoms with Crippen LogP contribution in [0.25, 0.3) is 22.6 Å². The first-order valence-corrected chi connectivity index (χ1v) is 5.81. The van der Waals surface area contributed by atoms with E-state index in [-0.39, 0.29) is 0 Å². The lowest BCUT2D eigenvalue weighted by atomic mass is 10.1. The summed E-state index contributed by atoms with van der Waals surface area (Å²) in [6.45, 7) is 4.08. The number of fused-ring (bicyclic) bond motifs is 1. The second kappa shape index (κ2) is 3.77. The Bertz CT molecular complexity index is 664. The van der Waals surface area contributed by atoms with E-state index in [9.17, 15) is 0 Å². The molecule has 0 saturated carbocycles. The molecule has 0 unspecified atom stereocenters. The molecule has 0 amide bonds. The Hall–Kier alpha value is -2.03. The Morgan fingerprint density at radius 2 is 2.12 bits per heavy atom. The highest BCUT2D eigenvalue weighted by Crippen LogP contribution is 2.23. The summed E-state index contributed by atoms with van der Waals surface area (Å²) in [5.41, 5.74) is 3.35. The number of aromatic nitrogens is 2. The van der Waals surface area contributed by atoms with Crippen molar-refractivity contribution >= 4 is 11.0 Å². The quantitative estimate of drug-likeness (QED) is 0.724.